The van der Waals surface area contributed by atoms with Gasteiger partial charge in [0.25, 0.3) is 0 Å². The highest BCUT2D eigenvalue weighted by atomic mass is 32.1. The summed E-state index contributed by atoms with van der Waals surface area (Å²) in [6.07, 6.45) is 3.10. The monoisotopic (exact) mass is 246 g/mol. The molecule has 1 aromatic heterocycles. The first-order chi connectivity index (χ1) is 8.05. The van der Waals surface area contributed by atoms with Crippen LogP contribution in [0.5, 0.6) is 0 Å². The summed E-state index contributed by atoms with van der Waals surface area (Å²) >= 11 is 1.74. The van der Waals surface area contributed by atoms with Gasteiger partial charge in [-0.3, -0.25) is 0 Å². The van der Waals surface area contributed by atoms with Gasteiger partial charge in [-0.2, -0.15) is 0 Å². The van der Waals surface area contributed by atoms with Crippen LogP contribution in [0.1, 0.15) is 38.7 Å². The van der Waals surface area contributed by atoms with Crippen molar-refractivity contribution in [3.63, 3.8) is 0 Å². The Morgan fingerprint density at radius 3 is 2.71 bits per heavy atom. The van der Waals surface area contributed by atoms with E-state index in [4.69, 9.17) is 0 Å². The zero-order valence-corrected chi connectivity index (χ0v) is 11.2. The van der Waals surface area contributed by atoms with Crippen molar-refractivity contribution in [1.29, 1.82) is 0 Å². The summed E-state index contributed by atoms with van der Waals surface area (Å²) in [6.45, 7) is 4.37. The molecular formula is C15H18OS. The number of aliphatic hydroxyl groups is 1. The van der Waals surface area contributed by atoms with E-state index in [9.17, 15) is 5.11 Å². The van der Waals surface area contributed by atoms with E-state index in [0.717, 1.165) is 24.8 Å². The Labute approximate surface area is 106 Å². The molecule has 0 radical (unpaired) electrons. The molecule has 0 aliphatic heterocycles. The molecule has 1 atom stereocenters. The lowest BCUT2D eigenvalue weighted by Gasteiger charge is -2.37. The summed E-state index contributed by atoms with van der Waals surface area (Å²) in [5, 5.41) is 14.5. The first-order valence-corrected chi connectivity index (χ1v) is 7.12. The van der Waals surface area contributed by atoms with Gasteiger partial charge in [0.1, 0.15) is 0 Å². The fraction of sp³-hybridized carbons (Fsp3) is 0.467. The fourth-order valence-electron chi connectivity index (χ4n) is 3.15. The van der Waals surface area contributed by atoms with Gasteiger partial charge in [-0.05, 0) is 41.5 Å². The topological polar surface area (TPSA) is 20.2 Å². The Morgan fingerprint density at radius 1 is 1.18 bits per heavy atom. The highest BCUT2D eigenvalue weighted by molar-refractivity contribution is 7.17. The van der Waals surface area contributed by atoms with Crippen LogP contribution >= 0.6 is 11.3 Å². The van der Waals surface area contributed by atoms with Gasteiger partial charge in [0.15, 0.2) is 0 Å². The highest BCUT2D eigenvalue weighted by Gasteiger charge is 2.49. The molecular weight excluding hydrogens is 228 g/mol. The molecule has 1 saturated carbocycles. The fourth-order valence-corrected chi connectivity index (χ4v) is 4.14. The third kappa shape index (κ3) is 1.47. The van der Waals surface area contributed by atoms with E-state index in [1.165, 1.54) is 10.1 Å². The van der Waals surface area contributed by atoms with Crippen LogP contribution in [0.2, 0.25) is 0 Å². The largest absolute Gasteiger partial charge is 0.385 e. The Hall–Kier alpha value is -0.860. The van der Waals surface area contributed by atoms with Crippen molar-refractivity contribution in [3.05, 3.63) is 35.2 Å². The lowest BCUT2D eigenvalue weighted by Crippen LogP contribution is -2.36. The predicted octanol–water partition coefficient (Wildman–Crippen LogP) is 4.30. The Morgan fingerprint density at radius 2 is 2.00 bits per heavy atom. The molecule has 1 nitrogen and oxygen atoms in total. The maximum absolute atomic E-state index is 11.1. The Balaban J connectivity index is 2.24. The molecule has 0 saturated heterocycles. The van der Waals surface area contributed by atoms with E-state index in [2.05, 4.69) is 43.5 Å². The molecule has 0 amide bonds. The van der Waals surface area contributed by atoms with Gasteiger partial charge in [-0.1, -0.05) is 32.0 Å². The number of benzene rings is 1. The molecule has 1 N–H and O–H groups in total. The molecule has 1 aliphatic carbocycles. The number of rotatable bonds is 1. The molecule has 1 unspecified atom stereocenters. The maximum atomic E-state index is 11.1. The Bertz CT molecular complexity index is 555. The SMILES string of the molecule is CC1(C)CCCC1(O)c1cccc2ccsc12. The predicted molar refractivity (Wildman–Crippen MR) is 73.4 cm³/mol. The zero-order chi connectivity index (χ0) is 12.1. The third-order valence-electron chi connectivity index (χ3n) is 4.38. The summed E-state index contributed by atoms with van der Waals surface area (Å²) < 4.78 is 1.25. The van der Waals surface area contributed by atoms with Gasteiger partial charge in [0, 0.05) is 10.3 Å². The summed E-state index contributed by atoms with van der Waals surface area (Å²) in [4.78, 5) is 0. The van der Waals surface area contributed by atoms with Crippen LogP contribution in [-0.4, -0.2) is 5.11 Å². The lowest BCUT2D eigenvalue weighted by atomic mass is 9.73. The molecule has 1 aliphatic rings. The molecule has 17 heavy (non-hydrogen) atoms. The molecule has 0 spiro atoms. The summed E-state index contributed by atoms with van der Waals surface area (Å²) in [5.74, 6) is 0. The van der Waals surface area contributed by atoms with Crippen LogP contribution in [0.4, 0.5) is 0 Å². The molecule has 2 heteroatoms. The molecule has 2 aromatic rings. The molecule has 3 rings (SSSR count). The number of thiophene rings is 1. The lowest BCUT2D eigenvalue weighted by molar-refractivity contribution is -0.0471. The smallest absolute Gasteiger partial charge is 0.0960 e. The second kappa shape index (κ2) is 3.56. The van der Waals surface area contributed by atoms with Crippen molar-refractivity contribution in [2.45, 2.75) is 38.7 Å². The van der Waals surface area contributed by atoms with Gasteiger partial charge in [0.05, 0.1) is 5.60 Å². The van der Waals surface area contributed by atoms with Crippen LogP contribution in [0.3, 0.4) is 0 Å². The van der Waals surface area contributed by atoms with Crippen LogP contribution in [0.15, 0.2) is 29.6 Å². The second-order valence-electron chi connectivity index (χ2n) is 5.74. The van der Waals surface area contributed by atoms with E-state index in [1.807, 2.05) is 0 Å². The summed E-state index contributed by atoms with van der Waals surface area (Å²) in [6, 6.07) is 8.43. The standard InChI is InChI=1S/C15H18OS/c1-14(2)8-4-9-15(14,16)12-6-3-5-11-7-10-17-13(11)12/h3,5-7,10,16H,4,8-9H2,1-2H3. The van der Waals surface area contributed by atoms with E-state index in [0.29, 0.717) is 0 Å². The molecule has 1 fully saturated rings. The number of hydrogen-bond donors (Lipinski definition) is 1. The van der Waals surface area contributed by atoms with E-state index < -0.39 is 5.60 Å². The third-order valence-corrected chi connectivity index (χ3v) is 5.35. The van der Waals surface area contributed by atoms with Gasteiger partial charge < -0.3 is 5.11 Å². The van der Waals surface area contributed by atoms with E-state index in [-0.39, 0.29) is 5.41 Å². The average molecular weight is 246 g/mol. The van der Waals surface area contributed by atoms with Crippen molar-refractivity contribution in [2.75, 3.05) is 0 Å². The van der Waals surface area contributed by atoms with Crippen molar-refractivity contribution in [2.24, 2.45) is 5.41 Å². The minimum Gasteiger partial charge on any atom is -0.385 e. The number of hydrogen-bond acceptors (Lipinski definition) is 2. The molecule has 1 aromatic carbocycles. The minimum absolute atomic E-state index is 0.0225. The summed E-state index contributed by atoms with van der Waals surface area (Å²) in [7, 11) is 0. The van der Waals surface area contributed by atoms with Gasteiger partial charge in [-0.25, -0.2) is 0 Å². The van der Waals surface area contributed by atoms with Gasteiger partial charge >= 0.3 is 0 Å². The van der Waals surface area contributed by atoms with Crippen molar-refractivity contribution < 1.29 is 5.11 Å². The van der Waals surface area contributed by atoms with Crippen LogP contribution in [0.25, 0.3) is 10.1 Å². The molecule has 90 valence electrons. The minimum atomic E-state index is -0.655. The molecule has 0 bridgehead atoms. The zero-order valence-electron chi connectivity index (χ0n) is 10.4. The van der Waals surface area contributed by atoms with E-state index >= 15 is 0 Å². The normalized spacial score (nSPS) is 27.7. The van der Waals surface area contributed by atoms with Crippen molar-refractivity contribution in [1.82, 2.24) is 0 Å². The van der Waals surface area contributed by atoms with E-state index in [1.54, 1.807) is 11.3 Å². The number of fused-ring (bicyclic) bond motifs is 1. The van der Waals surface area contributed by atoms with Crippen LogP contribution < -0.4 is 0 Å². The van der Waals surface area contributed by atoms with Gasteiger partial charge in [-0.15, -0.1) is 11.3 Å². The van der Waals surface area contributed by atoms with Crippen LogP contribution in [0, 0.1) is 5.41 Å². The van der Waals surface area contributed by atoms with Crippen LogP contribution in [-0.2, 0) is 5.60 Å². The Kier molecular flexibility index (Phi) is 2.36. The molecule has 1 heterocycles. The highest BCUT2D eigenvalue weighted by Crippen LogP contribution is 2.53. The van der Waals surface area contributed by atoms with Crippen molar-refractivity contribution >= 4 is 21.4 Å². The second-order valence-corrected chi connectivity index (χ2v) is 6.66. The first-order valence-electron chi connectivity index (χ1n) is 6.24. The average Bonchev–Trinajstić information content (AvgIpc) is 2.84. The quantitative estimate of drug-likeness (QED) is 0.795. The summed E-state index contributed by atoms with van der Waals surface area (Å²) in [5.41, 5.74) is 0.454. The van der Waals surface area contributed by atoms with Gasteiger partial charge in [0.2, 0.25) is 0 Å². The maximum Gasteiger partial charge on any atom is 0.0960 e. The first kappa shape index (κ1) is 11.2. The van der Waals surface area contributed by atoms with Crippen molar-refractivity contribution in [3.8, 4) is 0 Å².